The second-order valence-electron chi connectivity index (χ2n) is 5.60. The molecule has 0 radical (unpaired) electrons. The van der Waals surface area contributed by atoms with Crippen molar-refractivity contribution in [2.75, 3.05) is 12.4 Å². The summed E-state index contributed by atoms with van der Waals surface area (Å²) in [5.41, 5.74) is 0.307. The van der Waals surface area contributed by atoms with Gasteiger partial charge < -0.3 is 5.11 Å². The quantitative estimate of drug-likeness (QED) is 0.408. The zero-order chi connectivity index (χ0) is 19.4. The van der Waals surface area contributed by atoms with Gasteiger partial charge in [0.05, 0.1) is 11.3 Å². The SMILES string of the molecule is OCCCSc1nnc(-c2ccccc2Br)n1-c1cccc(C(F)(F)F)c1. The Bertz CT molecular complexity index is 930. The monoisotopic (exact) mass is 457 g/mol. The van der Waals surface area contributed by atoms with E-state index in [0.717, 1.165) is 22.2 Å². The van der Waals surface area contributed by atoms with E-state index in [1.165, 1.54) is 17.8 Å². The predicted molar refractivity (Wildman–Crippen MR) is 102 cm³/mol. The van der Waals surface area contributed by atoms with Crippen LogP contribution in [0.4, 0.5) is 13.2 Å². The fourth-order valence-corrected chi connectivity index (χ4v) is 3.80. The molecule has 1 N–H and O–H groups in total. The molecule has 2 aromatic carbocycles. The van der Waals surface area contributed by atoms with Gasteiger partial charge >= 0.3 is 6.18 Å². The third-order valence-electron chi connectivity index (χ3n) is 3.71. The predicted octanol–water partition coefficient (Wildman–Crippen LogP) is 5.19. The minimum atomic E-state index is -4.44. The Hall–Kier alpha value is -1.84. The average molecular weight is 458 g/mol. The number of benzene rings is 2. The Morgan fingerprint density at radius 1 is 1.07 bits per heavy atom. The lowest BCUT2D eigenvalue weighted by molar-refractivity contribution is -0.137. The second kappa shape index (κ2) is 8.45. The lowest BCUT2D eigenvalue weighted by Crippen LogP contribution is -2.07. The molecule has 9 heteroatoms. The number of aliphatic hydroxyl groups is 1. The Balaban J connectivity index is 2.14. The van der Waals surface area contributed by atoms with Crippen LogP contribution in [0.3, 0.4) is 0 Å². The summed E-state index contributed by atoms with van der Waals surface area (Å²) in [6.07, 6.45) is -3.90. The summed E-state index contributed by atoms with van der Waals surface area (Å²) in [6.45, 7) is 0.0296. The first kappa shape index (κ1) is 19.9. The molecule has 0 saturated carbocycles. The summed E-state index contributed by atoms with van der Waals surface area (Å²) in [5.74, 6) is 1.01. The molecule has 0 aliphatic carbocycles. The van der Waals surface area contributed by atoms with Gasteiger partial charge in [-0.3, -0.25) is 4.57 Å². The first-order chi connectivity index (χ1) is 12.9. The standard InChI is InChI=1S/C18H15BrF3N3OS/c19-15-8-2-1-7-14(15)16-23-24-17(27-10-4-9-26)25(16)13-6-3-5-12(11-13)18(20,21)22/h1-3,5-8,11,26H,4,9-10H2. The molecule has 0 bridgehead atoms. The molecule has 0 amide bonds. The molecule has 0 unspecified atom stereocenters. The summed E-state index contributed by atoms with van der Waals surface area (Å²) in [6, 6.07) is 12.4. The molecule has 0 saturated heterocycles. The highest BCUT2D eigenvalue weighted by atomic mass is 79.9. The van der Waals surface area contributed by atoms with Gasteiger partial charge in [0.2, 0.25) is 0 Å². The van der Waals surface area contributed by atoms with Gasteiger partial charge in [-0.2, -0.15) is 13.2 Å². The zero-order valence-electron chi connectivity index (χ0n) is 13.9. The van der Waals surface area contributed by atoms with E-state index >= 15 is 0 Å². The van der Waals surface area contributed by atoms with Crippen LogP contribution in [0.5, 0.6) is 0 Å². The van der Waals surface area contributed by atoms with Crippen LogP contribution in [-0.4, -0.2) is 32.2 Å². The van der Waals surface area contributed by atoms with Crippen LogP contribution in [0.2, 0.25) is 0 Å². The third kappa shape index (κ3) is 4.53. The van der Waals surface area contributed by atoms with Crippen molar-refractivity contribution >= 4 is 27.7 Å². The molecule has 0 fully saturated rings. The third-order valence-corrected chi connectivity index (χ3v) is 5.42. The lowest BCUT2D eigenvalue weighted by Gasteiger charge is -2.13. The van der Waals surface area contributed by atoms with Crippen LogP contribution in [0.15, 0.2) is 58.2 Å². The van der Waals surface area contributed by atoms with E-state index in [-0.39, 0.29) is 6.61 Å². The maximum absolute atomic E-state index is 13.2. The van der Waals surface area contributed by atoms with Gasteiger partial charge in [0.25, 0.3) is 0 Å². The van der Waals surface area contributed by atoms with Crippen LogP contribution in [0.25, 0.3) is 17.1 Å². The Morgan fingerprint density at radius 3 is 2.56 bits per heavy atom. The van der Waals surface area contributed by atoms with E-state index in [4.69, 9.17) is 5.11 Å². The van der Waals surface area contributed by atoms with Gasteiger partial charge in [0, 0.05) is 22.4 Å². The van der Waals surface area contributed by atoms with Crippen LogP contribution in [0.1, 0.15) is 12.0 Å². The van der Waals surface area contributed by atoms with Gasteiger partial charge in [-0.15, -0.1) is 10.2 Å². The Labute approximate surface area is 166 Å². The van der Waals surface area contributed by atoms with Gasteiger partial charge in [-0.05, 0) is 30.7 Å². The minimum Gasteiger partial charge on any atom is -0.396 e. The van der Waals surface area contributed by atoms with Crippen molar-refractivity contribution in [3.8, 4) is 17.1 Å². The first-order valence-electron chi connectivity index (χ1n) is 8.03. The molecule has 1 heterocycles. The van der Waals surface area contributed by atoms with Crippen LogP contribution in [0, 0.1) is 0 Å². The number of aromatic nitrogens is 3. The van der Waals surface area contributed by atoms with E-state index in [1.54, 1.807) is 10.6 Å². The van der Waals surface area contributed by atoms with Crippen molar-refractivity contribution in [1.82, 2.24) is 14.8 Å². The van der Waals surface area contributed by atoms with Crippen molar-refractivity contribution in [2.24, 2.45) is 0 Å². The van der Waals surface area contributed by atoms with Crippen molar-refractivity contribution in [3.05, 3.63) is 58.6 Å². The molecule has 0 atom stereocenters. The first-order valence-corrected chi connectivity index (χ1v) is 9.81. The topological polar surface area (TPSA) is 50.9 Å². The van der Waals surface area contributed by atoms with E-state index in [0.29, 0.717) is 28.8 Å². The Morgan fingerprint density at radius 2 is 1.85 bits per heavy atom. The van der Waals surface area contributed by atoms with Gasteiger partial charge in [-0.1, -0.05) is 52.0 Å². The number of aliphatic hydroxyl groups excluding tert-OH is 1. The van der Waals surface area contributed by atoms with Crippen molar-refractivity contribution < 1.29 is 18.3 Å². The molecular formula is C18H15BrF3N3OS. The molecule has 142 valence electrons. The molecule has 0 spiro atoms. The van der Waals surface area contributed by atoms with E-state index < -0.39 is 11.7 Å². The molecular weight excluding hydrogens is 443 g/mol. The normalized spacial score (nSPS) is 11.7. The van der Waals surface area contributed by atoms with Gasteiger partial charge in [0.15, 0.2) is 11.0 Å². The van der Waals surface area contributed by atoms with Crippen molar-refractivity contribution in [2.45, 2.75) is 17.8 Å². The van der Waals surface area contributed by atoms with Gasteiger partial charge in [-0.25, -0.2) is 0 Å². The molecule has 4 nitrogen and oxygen atoms in total. The highest BCUT2D eigenvalue weighted by Crippen LogP contribution is 2.35. The summed E-state index contributed by atoms with van der Waals surface area (Å²) >= 11 is 4.79. The fraction of sp³-hybridized carbons (Fsp3) is 0.222. The van der Waals surface area contributed by atoms with Crippen LogP contribution in [-0.2, 0) is 6.18 Å². The largest absolute Gasteiger partial charge is 0.416 e. The molecule has 27 heavy (non-hydrogen) atoms. The maximum Gasteiger partial charge on any atom is 0.416 e. The number of hydrogen-bond donors (Lipinski definition) is 1. The minimum absolute atomic E-state index is 0.0296. The highest BCUT2D eigenvalue weighted by molar-refractivity contribution is 9.10. The number of halogens is 4. The molecule has 0 aliphatic heterocycles. The second-order valence-corrected chi connectivity index (χ2v) is 7.51. The number of alkyl halides is 3. The van der Waals surface area contributed by atoms with E-state index in [9.17, 15) is 13.2 Å². The number of nitrogens with zero attached hydrogens (tertiary/aromatic N) is 3. The van der Waals surface area contributed by atoms with Crippen LogP contribution < -0.4 is 0 Å². The summed E-state index contributed by atoms with van der Waals surface area (Å²) in [4.78, 5) is 0. The van der Waals surface area contributed by atoms with Crippen LogP contribution >= 0.6 is 27.7 Å². The fourth-order valence-electron chi connectivity index (χ4n) is 2.46. The number of thioether (sulfide) groups is 1. The molecule has 3 rings (SSSR count). The lowest BCUT2D eigenvalue weighted by atomic mass is 10.1. The maximum atomic E-state index is 13.2. The number of hydrogen-bond acceptors (Lipinski definition) is 4. The zero-order valence-corrected chi connectivity index (χ0v) is 16.4. The summed E-state index contributed by atoms with van der Waals surface area (Å²) < 4.78 is 41.9. The highest BCUT2D eigenvalue weighted by Gasteiger charge is 2.31. The Kier molecular flexibility index (Phi) is 6.23. The van der Waals surface area contributed by atoms with E-state index in [2.05, 4.69) is 26.1 Å². The van der Waals surface area contributed by atoms with Gasteiger partial charge in [0.1, 0.15) is 0 Å². The smallest absolute Gasteiger partial charge is 0.396 e. The van der Waals surface area contributed by atoms with E-state index in [1.807, 2.05) is 24.3 Å². The average Bonchev–Trinajstić information content (AvgIpc) is 3.05. The molecule has 1 aromatic heterocycles. The van der Waals surface area contributed by atoms with Crippen molar-refractivity contribution in [3.63, 3.8) is 0 Å². The summed E-state index contributed by atoms with van der Waals surface area (Å²) in [7, 11) is 0. The molecule has 3 aromatic rings. The molecule has 0 aliphatic rings. The number of rotatable bonds is 6. The summed E-state index contributed by atoms with van der Waals surface area (Å²) in [5, 5.41) is 17.8. The van der Waals surface area contributed by atoms with Crippen molar-refractivity contribution in [1.29, 1.82) is 0 Å².